The number of carbonyl (C=O) groups excluding carboxylic acids is 1. The van der Waals surface area contributed by atoms with Crippen LogP contribution in [0.25, 0.3) is 0 Å². The largest absolute Gasteiger partial charge is 0.378 e. The zero-order valence-electron chi connectivity index (χ0n) is 14.7. The summed E-state index contributed by atoms with van der Waals surface area (Å²) in [5, 5.41) is 3.48. The molecule has 0 aromatic carbocycles. The van der Waals surface area contributed by atoms with Gasteiger partial charge in [-0.1, -0.05) is 40.0 Å². The van der Waals surface area contributed by atoms with Gasteiger partial charge in [-0.05, 0) is 25.7 Å². The van der Waals surface area contributed by atoms with Gasteiger partial charge in [0.05, 0.1) is 12.6 Å². The number of carbonyl (C=O) groups is 1. The second kappa shape index (κ2) is 8.30. The molecule has 4 heteroatoms. The van der Waals surface area contributed by atoms with E-state index in [-0.39, 0.29) is 11.3 Å². The molecular weight excluding hydrogens is 276 g/mol. The quantitative estimate of drug-likeness (QED) is 0.735. The molecule has 1 saturated heterocycles. The molecule has 128 valence electrons. The number of ether oxygens (including phenoxy) is 1. The molecule has 2 rings (SSSR count). The van der Waals surface area contributed by atoms with Gasteiger partial charge in [-0.25, -0.2) is 0 Å². The van der Waals surface area contributed by atoms with Crippen LogP contribution in [0.4, 0.5) is 0 Å². The summed E-state index contributed by atoms with van der Waals surface area (Å²) < 4.78 is 5.97. The highest BCUT2D eigenvalue weighted by Crippen LogP contribution is 2.42. The number of nitrogens with zero attached hydrogens (tertiary/aromatic N) is 1. The molecule has 1 amide bonds. The molecule has 22 heavy (non-hydrogen) atoms. The fourth-order valence-corrected chi connectivity index (χ4v) is 3.53. The maximum atomic E-state index is 12.3. The molecule has 0 radical (unpaired) electrons. The number of hydrogen-bond donors (Lipinski definition) is 1. The van der Waals surface area contributed by atoms with Crippen molar-refractivity contribution >= 4 is 5.91 Å². The Bertz CT molecular complexity index is 349. The summed E-state index contributed by atoms with van der Waals surface area (Å²) >= 11 is 0. The topological polar surface area (TPSA) is 41.6 Å². The van der Waals surface area contributed by atoms with Crippen LogP contribution in [-0.4, -0.2) is 49.2 Å². The van der Waals surface area contributed by atoms with Crippen LogP contribution in [0.5, 0.6) is 0 Å². The number of unbranched alkanes of at least 4 members (excludes halogenated alkanes) is 1. The summed E-state index contributed by atoms with van der Waals surface area (Å²) in [6.45, 7) is 9.92. The van der Waals surface area contributed by atoms with Crippen molar-refractivity contribution in [2.75, 3.05) is 26.2 Å². The molecule has 0 aromatic rings. The van der Waals surface area contributed by atoms with Gasteiger partial charge < -0.3 is 15.0 Å². The monoisotopic (exact) mass is 310 g/mol. The molecule has 0 aromatic heterocycles. The van der Waals surface area contributed by atoms with Gasteiger partial charge in [0.2, 0.25) is 5.91 Å². The Morgan fingerprint density at radius 3 is 2.50 bits per heavy atom. The maximum Gasteiger partial charge on any atom is 0.236 e. The van der Waals surface area contributed by atoms with E-state index in [0.717, 1.165) is 45.4 Å². The van der Waals surface area contributed by atoms with Crippen LogP contribution in [0.1, 0.15) is 65.7 Å². The number of hydrogen-bond acceptors (Lipinski definition) is 3. The van der Waals surface area contributed by atoms with Crippen molar-refractivity contribution in [3.8, 4) is 0 Å². The summed E-state index contributed by atoms with van der Waals surface area (Å²) in [6.07, 6.45) is 8.54. The van der Waals surface area contributed by atoms with Gasteiger partial charge in [-0.15, -0.1) is 0 Å². The molecule has 2 aliphatic rings. The predicted octanol–water partition coefficient (Wildman–Crippen LogP) is 2.96. The van der Waals surface area contributed by atoms with Crippen molar-refractivity contribution in [2.45, 2.75) is 77.9 Å². The summed E-state index contributed by atoms with van der Waals surface area (Å²) in [5.74, 6) is 0.271. The zero-order chi connectivity index (χ0) is 16.0. The van der Waals surface area contributed by atoms with Gasteiger partial charge in [-0.3, -0.25) is 4.79 Å². The predicted molar refractivity (Wildman–Crippen MR) is 89.9 cm³/mol. The highest BCUT2D eigenvalue weighted by Gasteiger charge is 2.48. The van der Waals surface area contributed by atoms with E-state index in [1.54, 1.807) is 0 Å². The van der Waals surface area contributed by atoms with Gasteiger partial charge in [-0.2, -0.15) is 0 Å². The lowest BCUT2D eigenvalue weighted by atomic mass is 9.64. The van der Waals surface area contributed by atoms with E-state index in [1.807, 2.05) is 4.90 Å². The van der Waals surface area contributed by atoms with Crippen molar-refractivity contribution in [3.05, 3.63) is 0 Å². The highest BCUT2D eigenvalue weighted by molar-refractivity contribution is 5.78. The molecule has 1 aliphatic heterocycles. The minimum Gasteiger partial charge on any atom is -0.378 e. The van der Waals surface area contributed by atoms with Crippen LogP contribution in [0.3, 0.4) is 0 Å². The van der Waals surface area contributed by atoms with E-state index in [2.05, 4.69) is 26.1 Å². The van der Waals surface area contributed by atoms with Crippen molar-refractivity contribution in [3.63, 3.8) is 0 Å². The lowest BCUT2D eigenvalue weighted by Crippen LogP contribution is -2.62. The van der Waals surface area contributed by atoms with E-state index in [9.17, 15) is 4.79 Å². The third-order valence-corrected chi connectivity index (χ3v) is 5.45. The van der Waals surface area contributed by atoms with Gasteiger partial charge in [0.15, 0.2) is 0 Å². The minimum absolute atomic E-state index is 0.132. The summed E-state index contributed by atoms with van der Waals surface area (Å²) in [4.78, 5) is 14.4. The Morgan fingerprint density at radius 1 is 1.23 bits per heavy atom. The molecule has 0 bridgehead atoms. The molecule has 1 N–H and O–H groups in total. The average Bonchev–Trinajstić information content (AvgIpc) is 2.78. The van der Waals surface area contributed by atoms with Crippen LogP contribution in [0, 0.1) is 5.41 Å². The lowest BCUT2D eigenvalue weighted by Gasteiger charge is -2.52. The SMILES string of the molecule is CCCCO[C@H]1C[C@H](NCC(=O)N2CCCCCC2)C1(C)C. The van der Waals surface area contributed by atoms with Gasteiger partial charge in [0.1, 0.15) is 0 Å². The van der Waals surface area contributed by atoms with E-state index in [0.29, 0.717) is 18.7 Å². The molecule has 0 spiro atoms. The molecular formula is C18H34N2O2. The average molecular weight is 310 g/mol. The van der Waals surface area contributed by atoms with Gasteiger partial charge >= 0.3 is 0 Å². The summed E-state index contributed by atoms with van der Waals surface area (Å²) in [7, 11) is 0. The normalized spacial score (nSPS) is 28.0. The number of amides is 1. The fraction of sp³-hybridized carbons (Fsp3) is 0.944. The smallest absolute Gasteiger partial charge is 0.236 e. The molecule has 2 atom stereocenters. The Balaban J connectivity index is 1.69. The van der Waals surface area contributed by atoms with Gasteiger partial charge in [0, 0.05) is 31.2 Å². The second-order valence-corrected chi connectivity index (χ2v) is 7.50. The molecule has 1 saturated carbocycles. The van der Waals surface area contributed by atoms with Crippen molar-refractivity contribution < 1.29 is 9.53 Å². The fourth-order valence-electron chi connectivity index (χ4n) is 3.53. The van der Waals surface area contributed by atoms with Crippen LogP contribution >= 0.6 is 0 Å². The summed E-state index contributed by atoms with van der Waals surface area (Å²) in [5.41, 5.74) is 0.132. The first-order valence-electron chi connectivity index (χ1n) is 9.18. The molecule has 1 aliphatic carbocycles. The van der Waals surface area contributed by atoms with Crippen LogP contribution < -0.4 is 5.32 Å². The number of likely N-dealkylation sites (tertiary alicyclic amines) is 1. The van der Waals surface area contributed by atoms with Crippen molar-refractivity contribution in [2.24, 2.45) is 5.41 Å². The van der Waals surface area contributed by atoms with E-state index >= 15 is 0 Å². The summed E-state index contributed by atoms with van der Waals surface area (Å²) in [6, 6.07) is 0.398. The first kappa shape index (κ1) is 17.7. The molecule has 1 heterocycles. The van der Waals surface area contributed by atoms with Gasteiger partial charge in [0.25, 0.3) is 0 Å². The number of nitrogens with one attached hydrogen (secondary N) is 1. The molecule has 4 nitrogen and oxygen atoms in total. The van der Waals surface area contributed by atoms with Crippen LogP contribution in [0.2, 0.25) is 0 Å². The maximum absolute atomic E-state index is 12.3. The molecule has 0 unspecified atom stereocenters. The Labute approximate surface area is 136 Å². The molecule has 2 fully saturated rings. The minimum atomic E-state index is 0.132. The Morgan fingerprint density at radius 2 is 1.91 bits per heavy atom. The zero-order valence-corrected chi connectivity index (χ0v) is 14.7. The van der Waals surface area contributed by atoms with Crippen molar-refractivity contribution in [1.82, 2.24) is 10.2 Å². The number of rotatable bonds is 7. The van der Waals surface area contributed by atoms with Crippen molar-refractivity contribution in [1.29, 1.82) is 0 Å². The first-order valence-corrected chi connectivity index (χ1v) is 9.18. The van der Waals surface area contributed by atoms with Crippen LogP contribution in [0.15, 0.2) is 0 Å². The van der Waals surface area contributed by atoms with E-state index < -0.39 is 0 Å². The third-order valence-electron chi connectivity index (χ3n) is 5.45. The Hall–Kier alpha value is -0.610. The third kappa shape index (κ3) is 4.45. The van der Waals surface area contributed by atoms with E-state index in [4.69, 9.17) is 4.74 Å². The Kier molecular flexibility index (Phi) is 6.69. The van der Waals surface area contributed by atoms with E-state index in [1.165, 1.54) is 19.3 Å². The van der Waals surface area contributed by atoms with Crippen LogP contribution in [-0.2, 0) is 9.53 Å². The standard InChI is InChI=1S/C18H34N2O2/c1-4-5-12-22-16-13-15(18(16,2)3)19-14-17(21)20-10-8-6-7-9-11-20/h15-16,19H,4-14H2,1-3H3/t15-,16-/m0/s1. The lowest BCUT2D eigenvalue weighted by molar-refractivity contribution is -0.135. The second-order valence-electron chi connectivity index (χ2n) is 7.50. The first-order chi connectivity index (χ1) is 10.6. The highest BCUT2D eigenvalue weighted by atomic mass is 16.5.